The Bertz CT molecular complexity index is 649. The largest absolute Gasteiger partial charge is 0.399 e. The topological polar surface area (TPSA) is 94.1 Å². The van der Waals surface area contributed by atoms with Gasteiger partial charge in [-0.25, -0.2) is 4.98 Å². The van der Waals surface area contributed by atoms with Crippen LogP contribution in [0.5, 0.6) is 0 Å². The summed E-state index contributed by atoms with van der Waals surface area (Å²) in [6, 6.07) is 6.09. The molecule has 0 saturated carbocycles. The van der Waals surface area contributed by atoms with Gasteiger partial charge in [-0.2, -0.15) is 0 Å². The highest BCUT2D eigenvalue weighted by Crippen LogP contribution is 2.31. The first-order valence-corrected chi connectivity index (χ1v) is 5.85. The molecule has 0 fully saturated rings. The minimum absolute atomic E-state index is 0.118. The van der Waals surface area contributed by atoms with Crippen molar-refractivity contribution >= 4 is 46.1 Å². The average molecular weight is 299 g/mol. The fourth-order valence-electron chi connectivity index (χ4n) is 1.39. The van der Waals surface area contributed by atoms with E-state index in [-0.39, 0.29) is 16.5 Å². The van der Waals surface area contributed by atoms with Crippen molar-refractivity contribution in [3.05, 3.63) is 50.6 Å². The molecule has 0 aliphatic rings. The van der Waals surface area contributed by atoms with Gasteiger partial charge in [-0.15, -0.1) is 0 Å². The molecule has 0 unspecified atom stereocenters. The molecule has 19 heavy (non-hydrogen) atoms. The number of nitro groups is 1. The Morgan fingerprint density at radius 2 is 2.00 bits per heavy atom. The van der Waals surface area contributed by atoms with Crippen molar-refractivity contribution in [3.8, 4) is 0 Å². The van der Waals surface area contributed by atoms with Gasteiger partial charge in [0.2, 0.25) is 0 Å². The molecule has 0 spiro atoms. The normalized spacial score (nSPS) is 10.2. The molecule has 1 aromatic carbocycles. The van der Waals surface area contributed by atoms with Gasteiger partial charge < -0.3 is 11.1 Å². The van der Waals surface area contributed by atoms with Crippen LogP contribution in [0.1, 0.15) is 0 Å². The zero-order valence-corrected chi connectivity index (χ0v) is 10.9. The molecule has 1 heterocycles. The molecule has 0 radical (unpaired) electrons. The molecule has 0 aliphatic carbocycles. The van der Waals surface area contributed by atoms with Crippen LogP contribution in [-0.2, 0) is 0 Å². The smallest absolute Gasteiger partial charge is 0.289 e. The molecule has 8 heteroatoms. The Balaban J connectivity index is 2.33. The third-order valence-corrected chi connectivity index (χ3v) is 2.90. The van der Waals surface area contributed by atoms with E-state index in [4.69, 9.17) is 28.9 Å². The summed E-state index contributed by atoms with van der Waals surface area (Å²) in [6.45, 7) is 0. The second-order valence-corrected chi connectivity index (χ2v) is 4.46. The monoisotopic (exact) mass is 298 g/mol. The highest BCUT2D eigenvalue weighted by Gasteiger charge is 2.12. The lowest BCUT2D eigenvalue weighted by atomic mass is 10.3. The fraction of sp³-hybridized carbons (Fsp3) is 0. The first-order chi connectivity index (χ1) is 8.97. The number of nitrogens with one attached hydrogen (secondary N) is 1. The highest BCUT2D eigenvalue weighted by atomic mass is 35.5. The minimum atomic E-state index is -0.573. The van der Waals surface area contributed by atoms with Gasteiger partial charge in [-0.05, 0) is 18.2 Å². The summed E-state index contributed by atoms with van der Waals surface area (Å²) in [4.78, 5) is 13.9. The quantitative estimate of drug-likeness (QED) is 0.513. The molecule has 1 aromatic heterocycles. The summed E-state index contributed by atoms with van der Waals surface area (Å²) in [5.41, 5.74) is 6.49. The third kappa shape index (κ3) is 3.04. The molecule has 0 bridgehead atoms. The number of pyridine rings is 1. The summed E-state index contributed by atoms with van der Waals surface area (Å²) in [6.07, 6.45) is 1.11. The maximum atomic E-state index is 10.6. The number of aromatic nitrogens is 1. The van der Waals surface area contributed by atoms with Crippen molar-refractivity contribution in [2.75, 3.05) is 11.1 Å². The Morgan fingerprint density at radius 1 is 1.26 bits per heavy atom. The lowest BCUT2D eigenvalue weighted by molar-refractivity contribution is -0.385. The molecule has 0 atom stereocenters. The molecule has 2 rings (SSSR count). The number of anilines is 3. The van der Waals surface area contributed by atoms with Crippen LogP contribution < -0.4 is 11.1 Å². The lowest BCUT2D eigenvalue weighted by Crippen LogP contribution is -1.98. The zero-order chi connectivity index (χ0) is 14.0. The van der Waals surface area contributed by atoms with Crippen molar-refractivity contribution < 1.29 is 4.92 Å². The summed E-state index contributed by atoms with van der Waals surface area (Å²) in [5, 5.41) is 14.0. The van der Waals surface area contributed by atoms with Crippen molar-refractivity contribution in [2.45, 2.75) is 0 Å². The molecule has 2 aromatic rings. The average Bonchev–Trinajstić information content (AvgIpc) is 2.36. The number of rotatable bonds is 3. The van der Waals surface area contributed by atoms with Crippen LogP contribution in [0.3, 0.4) is 0 Å². The van der Waals surface area contributed by atoms with Crippen LogP contribution in [0.4, 0.5) is 22.9 Å². The first-order valence-electron chi connectivity index (χ1n) is 5.09. The predicted molar refractivity (Wildman–Crippen MR) is 75.0 cm³/mol. The van der Waals surface area contributed by atoms with E-state index in [2.05, 4.69) is 10.3 Å². The van der Waals surface area contributed by atoms with Crippen LogP contribution >= 0.6 is 23.2 Å². The maximum absolute atomic E-state index is 10.6. The van der Waals surface area contributed by atoms with Crippen molar-refractivity contribution in [1.82, 2.24) is 4.98 Å². The standard InChI is InChI=1S/C11H8Cl2N4O2/c12-8-2-1-6(14)3-10(8)16-11-9(13)4-7(5-15-11)17(18)19/h1-5H,14H2,(H,15,16). The van der Waals surface area contributed by atoms with Crippen molar-refractivity contribution in [1.29, 1.82) is 0 Å². The van der Waals surface area contributed by atoms with Crippen LogP contribution in [-0.4, -0.2) is 9.91 Å². The minimum Gasteiger partial charge on any atom is -0.399 e. The number of nitrogen functional groups attached to an aromatic ring is 1. The van der Waals surface area contributed by atoms with E-state index in [1.807, 2.05) is 0 Å². The van der Waals surface area contributed by atoms with E-state index in [0.29, 0.717) is 16.4 Å². The Kier molecular flexibility index (Phi) is 3.73. The third-order valence-electron chi connectivity index (χ3n) is 2.28. The Hall–Kier alpha value is -2.05. The summed E-state index contributed by atoms with van der Waals surface area (Å²) >= 11 is 11.9. The number of hydrogen-bond acceptors (Lipinski definition) is 5. The van der Waals surface area contributed by atoms with Gasteiger partial charge in [0.15, 0.2) is 0 Å². The molecule has 0 aliphatic heterocycles. The van der Waals surface area contributed by atoms with Gasteiger partial charge >= 0.3 is 0 Å². The summed E-state index contributed by atoms with van der Waals surface area (Å²) in [5.74, 6) is 0.264. The Labute approximate surface area is 118 Å². The fourth-order valence-corrected chi connectivity index (χ4v) is 1.76. The first kappa shape index (κ1) is 13.4. The van der Waals surface area contributed by atoms with Gasteiger partial charge in [0.1, 0.15) is 12.0 Å². The number of benzene rings is 1. The van der Waals surface area contributed by atoms with Gasteiger partial charge in [-0.3, -0.25) is 10.1 Å². The van der Waals surface area contributed by atoms with Crippen molar-refractivity contribution in [2.24, 2.45) is 0 Å². The molecular formula is C11H8Cl2N4O2. The van der Waals surface area contributed by atoms with Gasteiger partial charge in [-0.1, -0.05) is 23.2 Å². The van der Waals surface area contributed by atoms with E-state index < -0.39 is 4.92 Å². The van der Waals surface area contributed by atoms with E-state index in [0.717, 1.165) is 6.20 Å². The molecule has 0 saturated heterocycles. The summed E-state index contributed by atoms with van der Waals surface area (Å²) in [7, 11) is 0. The summed E-state index contributed by atoms with van der Waals surface area (Å²) < 4.78 is 0. The van der Waals surface area contributed by atoms with Crippen LogP contribution in [0.15, 0.2) is 30.5 Å². The predicted octanol–water partition coefficient (Wildman–Crippen LogP) is 3.62. The zero-order valence-electron chi connectivity index (χ0n) is 9.43. The number of nitrogens with zero attached hydrogens (tertiary/aromatic N) is 2. The number of hydrogen-bond donors (Lipinski definition) is 2. The lowest BCUT2D eigenvalue weighted by Gasteiger charge is -2.09. The molecule has 3 N–H and O–H groups in total. The van der Waals surface area contributed by atoms with Crippen LogP contribution in [0.2, 0.25) is 10.0 Å². The highest BCUT2D eigenvalue weighted by molar-refractivity contribution is 6.34. The molecular weight excluding hydrogens is 291 g/mol. The van der Waals surface area contributed by atoms with E-state index in [1.54, 1.807) is 18.2 Å². The van der Waals surface area contributed by atoms with E-state index in [9.17, 15) is 10.1 Å². The molecule has 98 valence electrons. The van der Waals surface area contributed by atoms with Gasteiger partial charge in [0.25, 0.3) is 5.69 Å². The maximum Gasteiger partial charge on any atom is 0.289 e. The number of nitrogens with two attached hydrogens (primary N) is 1. The second-order valence-electron chi connectivity index (χ2n) is 3.65. The molecule has 0 amide bonds. The second kappa shape index (κ2) is 5.29. The molecule has 6 nitrogen and oxygen atoms in total. The van der Waals surface area contributed by atoms with Gasteiger partial charge in [0.05, 0.1) is 20.7 Å². The van der Waals surface area contributed by atoms with Crippen molar-refractivity contribution in [3.63, 3.8) is 0 Å². The van der Waals surface area contributed by atoms with Crippen LogP contribution in [0, 0.1) is 10.1 Å². The number of halogens is 2. The van der Waals surface area contributed by atoms with Crippen LogP contribution in [0.25, 0.3) is 0 Å². The van der Waals surface area contributed by atoms with Gasteiger partial charge in [0, 0.05) is 11.8 Å². The SMILES string of the molecule is Nc1ccc(Cl)c(Nc2ncc([N+](=O)[O-])cc2Cl)c1. The van der Waals surface area contributed by atoms with E-state index in [1.165, 1.54) is 6.07 Å². The van der Waals surface area contributed by atoms with E-state index >= 15 is 0 Å². The Morgan fingerprint density at radius 3 is 2.63 bits per heavy atom.